The number of ether oxygens (including phenoxy) is 3. The molecule has 20 heteroatoms. The first-order valence-corrected chi connectivity index (χ1v) is 19.0. The van der Waals surface area contributed by atoms with E-state index in [0.29, 0.717) is 19.5 Å². The van der Waals surface area contributed by atoms with Gasteiger partial charge in [-0.05, 0) is 60.9 Å². The highest BCUT2D eigenvalue weighted by Gasteiger charge is 2.32. The van der Waals surface area contributed by atoms with E-state index in [1.54, 1.807) is 0 Å². The minimum Gasteiger partial charge on any atom is -0.505 e. The van der Waals surface area contributed by atoms with Crippen molar-refractivity contribution in [2.24, 2.45) is 5.73 Å². The molecule has 3 aromatic carbocycles. The van der Waals surface area contributed by atoms with Gasteiger partial charge in [0.1, 0.15) is 43.6 Å². The summed E-state index contributed by atoms with van der Waals surface area (Å²) in [6, 6.07) is 8.30. The third kappa shape index (κ3) is 11.6. The number of benzene rings is 3. The molecule has 0 saturated heterocycles. The number of halogens is 2. The van der Waals surface area contributed by atoms with Gasteiger partial charge >= 0.3 is 23.9 Å². The van der Waals surface area contributed by atoms with E-state index in [9.17, 15) is 63.4 Å². The number of aliphatic carboxylic acids is 4. The number of hydrogen-bond donors (Lipinski definition) is 8. The maximum Gasteiger partial charge on any atom is 0.369 e. The van der Waals surface area contributed by atoms with Gasteiger partial charge in [-0.25, -0.2) is 22.9 Å². The lowest BCUT2D eigenvalue weighted by atomic mass is 9.87. The fraction of sp³-hybridized carbons (Fsp3) is 0.286. The molecule has 0 fully saturated rings. The number of nitrogens with one attached hydrogen (secondary N) is 1. The third-order valence-electron chi connectivity index (χ3n) is 9.30. The number of allylic oxidation sites excluding steroid dienone is 4. The molecule has 62 heavy (non-hydrogen) atoms. The van der Waals surface area contributed by atoms with Gasteiger partial charge in [0.15, 0.2) is 28.9 Å². The van der Waals surface area contributed by atoms with Crippen molar-refractivity contribution in [3.8, 4) is 28.7 Å². The first kappa shape index (κ1) is 45.6. The lowest BCUT2D eigenvalue weighted by Crippen LogP contribution is -2.36. The number of nitrogens with zero attached hydrogens (tertiary/aromatic N) is 2. The Morgan fingerprint density at radius 2 is 1.37 bits per heavy atom. The second kappa shape index (κ2) is 20.7. The number of nitrogens with two attached hydrogens (primary N) is 1. The number of carbonyl (C=O) groups excluding carboxylic acids is 1. The molecule has 0 radical (unpaired) electrons. The van der Waals surface area contributed by atoms with Crippen molar-refractivity contribution in [3.63, 3.8) is 0 Å². The van der Waals surface area contributed by atoms with Gasteiger partial charge in [0.2, 0.25) is 24.7 Å². The SMILES string of the molecule is NCCCCCNC(=O)Cc1cccc(OCCOC2=CC(=C3c4cc(F)c(O)cc4Oc4cc(O)c(F)cc43)C=CC2=[N+](CC(=O)O)CC(=O)O)c1N(CC(=O)O)CC(=O)O. The van der Waals surface area contributed by atoms with Crippen LogP contribution < -0.4 is 25.4 Å². The van der Waals surface area contributed by atoms with Crippen molar-refractivity contribution >= 4 is 46.8 Å². The molecule has 1 aliphatic carbocycles. The molecule has 3 aromatic rings. The van der Waals surface area contributed by atoms with Crippen molar-refractivity contribution < 1.29 is 82.2 Å². The van der Waals surface area contributed by atoms with E-state index in [2.05, 4.69) is 5.32 Å². The summed E-state index contributed by atoms with van der Waals surface area (Å²) in [6.07, 6.45) is 6.04. The van der Waals surface area contributed by atoms with Gasteiger partial charge in [-0.2, -0.15) is 0 Å². The van der Waals surface area contributed by atoms with E-state index < -0.39 is 79.1 Å². The first-order valence-electron chi connectivity index (χ1n) is 19.0. The number of anilines is 1. The molecule has 5 rings (SSSR count). The van der Waals surface area contributed by atoms with Crippen LogP contribution >= 0.6 is 0 Å². The van der Waals surface area contributed by atoms with Gasteiger partial charge in [-0.15, -0.1) is 0 Å². The van der Waals surface area contributed by atoms with E-state index in [-0.39, 0.29) is 81.9 Å². The third-order valence-corrected chi connectivity index (χ3v) is 9.30. The molecule has 328 valence electrons. The number of aromatic hydroxyl groups is 2. The molecule has 0 saturated carbocycles. The molecule has 2 aliphatic rings. The van der Waals surface area contributed by atoms with Crippen LogP contribution in [-0.2, 0) is 35.1 Å². The second-order valence-corrected chi connectivity index (χ2v) is 13.9. The van der Waals surface area contributed by atoms with Crippen molar-refractivity contribution in [2.75, 3.05) is 57.4 Å². The molecule has 1 heterocycles. The number of para-hydroxylation sites is 1. The largest absolute Gasteiger partial charge is 0.505 e. The summed E-state index contributed by atoms with van der Waals surface area (Å²) in [5, 5.41) is 61.7. The maximum absolute atomic E-state index is 14.9. The highest BCUT2D eigenvalue weighted by atomic mass is 19.1. The topological polar surface area (TPSA) is 279 Å². The van der Waals surface area contributed by atoms with E-state index in [0.717, 1.165) is 46.6 Å². The number of rotatable bonds is 21. The number of carbonyl (C=O) groups is 5. The van der Waals surface area contributed by atoms with Crippen molar-refractivity contribution in [3.05, 3.63) is 100 Å². The Labute approximate surface area is 351 Å². The minimum absolute atomic E-state index is 0.0112. The molecule has 0 aromatic heterocycles. The normalized spacial score (nSPS) is 12.7. The second-order valence-electron chi connectivity index (χ2n) is 13.9. The predicted octanol–water partition coefficient (Wildman–Crippen LogP) is 3.22. The standard InChI is InChI=1S/C42H42F2N4O14/c43-27-15-25-33(17-30(27)49)62-34-18-31(50)28(44)16-26(34)41(25)23-7-8-29(47(19-37(52)53)20-38(54)55)35(13-23)61-12-11-60-32-6-4-5-24(14-36(51)46-10-3-1-2-9-45)42(32)48(21-39(56)57)22-40(58)59/h4-8,13,15-18H,1-3,9-12,14,19-22,45H2,(H6,46,49,50,51,52,53,54,55,56,57,58,59)/p+1. The molecular formula is C42H43F2N4O14+. The van der Waals surface area contributed by atoms with Crippen LogP contribution in [0, 0.1) is 11.6 Å². The number of phenols is 2. The molecule has 18 nitrogen and oxygen atoms in total. The van der Waals surface area contributed by atoms with Crippen LogP contribution in [0.15, 0.2) is 72.0 Å². The van der Waals surface area contributed by atoms with Gasteiger partial charge in [0, 0.05) is 41.5 Å². The lowest BCUT2D eigenvalue weighted by Gasteiger charge is -2.26. The minimum atomic E-state index is -1.39. The van der Waals surface area contributed by atoms with Crippen molar-refractivity contribution in [1.29, 1.82) is 0 Å². The first-order chi connectivity index (χ1) is 29.6. The average Bonchev–Trinajstić information content (AvgIpc) is 3.18. The molecule has 9 N–H and O–H groups in total. The Morgan fingerprint density at radius 1 is 0.774 bits per heavy atom. The van der Waals surface area contributed by atoms with E-state index in [1.807, 2.05) is 0 Å². The Hall–Kier alpha value is -7.48. The number of phenolic OH excluding ortho intramolecular Hbond substituents is 2. The van der Waals surface area contributed by atoms with Crippen LogP contribution in [0.25, 0.3) is 5.57 Å². The molecule has 0 spiro atoms. The fourth-order valence-corrected chi connectivity index (χ4v) is 6.76. The highest BCUT2D eigenvalue weighted by molar-refractivity contribution is 6.07. The average molecular weight is 866 g/mol. The van der Waals surface area contributed by atoms with Crippen LogP contribution in [0.4, 0.5) is 14.5 Å². The number of amides is 1. The van der Waals surface area contributed by atoms with Gasteiger partial charge in [0.05, 0.1) is 12.1 Å². The zero-order valence-corrected chi connectivity index (χ0v) is 32.9. The summed E-state index contributed by atoms with van der Waals surface area (Å²) in [4.78, 5) is 61.5. The molecule has 1 amide bonds. The van der Waals surface area contributed by atoms with Gasteiger partial charge in [-0.1, -0.05) is 18.6 Å². The Bertz CT molecular complexity index is 2300. The number of carboxylic acid groups (broad SMARTS) is 4. The summed E-state index contributed by atoms with van der Waals surface area (Å²) in [5.41, 5.74) is 6.13. The van der Waals surface area contributed by atoms with Gasteiger partial charge in [-0.3, -0.25) is 14.4 Å². The molecule has 0 bridgehead atoms. The molecule has 0 unspecified atom stereocenters. The molecule has 1 aliphatic heterocycles. The highest BCUT2D eigenvalue weighted by Crippen LogP contribution is 2.49. The quantitative estimate of drug-likeness (QED) is 0.0441. The van der Waals surface area contributed by atoms with Crippen LogP contribution in [-0.4, -0.2) is 123 Å². The number of unbranched alkanes of at least 4 members (excludes halogenated alkanes) is 2. The summed E-state index contributed by atoms with van der Waals surface area (Å²) in [7, 11) is 0. The smallest absolute Gasteiger partial charge is 0.369 e. The molecule has 0 atom stereocenters. The summed E-state index contributed by atoms with van der Waals surface area (Å²) >= 11 is 0. The number of carboxylic acids is 4. The zero-order chi connectivity index (χ0) is 45.1. The number of hydrogen-bond acceptors (Lipinski definition) is 12. The Balaban J connectivity index is 1.54. The summed E-state index contributed by atoms with van der Waals surface area (Å²) in [5.74, 6) is -9.89. The Kier molecular flexibility index (Phi) is 15.2. The van der Waals surface area contributed by atoms with Gasteiger partial charge < -0.3 is 60.8 Å². The van der Waals surface area contributed by atoms with Crippen molar-refractivity contribution in [1.82, 2.24) is 5.32 Å². The van der Waals surface area contributed by atoms with Crippen LogP contribution in [0.2, 0.25) is 0 Å². The zero-order valence-electron chi connectivity index (χ0n) is 32.9. The fourth-order valence-electron chi connectivity index (χ4n) is 6.76. The van der Waals surface area contributed by atoms with E-state index in [1.165, 1.54) is 36.4 Å². The predicted molar refractivity (Wildman–Crippen MR) is 215 cm³/mol. The molecular weight excluding hydrogens is 822 g/mol. The van der Waals surface area contributed by atoms with Crippen LogP contribution in [0.1, 0.15) is 36.0 Å². The van der Waals surface area contributed by atoms with Gasteiger partial charge in [0.25, 0.3) is 0 Å². The summed E-state index contributed by atoms with van der Waals surface area (Å²) in [6.45, 7) is -3.02. The van der Waals surface area contributed by atoms with E-state index >= 15 is 0 Å². The Morgan fingerprint density at radius 3 is 1.94 bits per heavy atom. The monoisotopic (exact) mass is 865 g/mol. The van der Waals surface area contributed by atoms with Crippen LogP contribution in [0.3, 0.4) is 0 Å². The van der Waals surface area contributed by atoms with Crippen molar-refractivity contribution in [2.45, 2.75) is 25.7 Å². The lowest BCUT2D eigenvalue weighted by molar-refractivity contribution is -0.508. The van der Waals surface area contributed by atoms with Crippen LogP contribution in [0.5, 0.6) is 28.7 Å². The maximum atomic E-state index is 14.9. The number of fused-ring (bicyclic) bond motifs is 2. The van der Waals surface area contributed by atoms with E-state index in [4.69, 9.17) is 19.9 Å². The summed E-state index contributed by atoms with van der Waals surface area (Å²) < 4.78 is 48.6.